The van der Waals surface area contributed by atoms with E-state index in [1.807, 2.05) is 250 Å². The van der Waals surface area contributed by atoms with Gasteiger partial charge in [0.05, 0.1) is 103 Å². The molecule has 8 rings (SSSR count). The van der Waals surface area contributed by atoms with Crippen LogP contribution >= 0.6 is 0 Å². The molecule has 8 aromatic rings. The van der Waals surface area contributed by atoms with Gasteiger partial charge in [-0.2, -0.15) is 0 Å². The molecule has 0 aliphatic rings. The Balaban J connectivity index is 0.000000311. The van der Waals surface area contributed by atoms with Crippen LogP contribution in [0.15, 0.2) is 194 Å². The molecule has 132 heavy (non-hydrogen) atoms. The molecule has 8 unspecified atom stereocenters. The molecule has 20 heteroatoms. The van der Waals surface area contributed by atoms with Gasteiger partial charge in [-0.25, -0.2) is 0 Å². The van der Waals surface area contributed by atoms with Crippen LogP contribution < -0.4 is 37.9 Å². The SMILES string of the molecule is CCCC(Cc1ccc(OCC)cc1)C(=O)CC(Cc1ccc(OCC)cc1)C(=O)OCC.CCCC(Cc1ccc(OCC)cc1)C(=O)CC(Cc1ccc(OCC)cc1)C(=O)OCC.CCCC(Cc1ccc(OCC)cc1)C(=O)CC(Cc1ccc(OCC)cc1)C(=O)OCC.CCCC(Cc1ccc(OCC)cc1)C(=O)CC(Cc1ccc(OCC)cc1)C(=O)OCC. The number of carbonyl (C=O) groups is 8. The van der Waals surface area contributed by atoms with Crippen molar-refractivity contribution < 1.29 is 95.2 Å². The maximum atomic E-state index is 13.3. The van der Waals surface area contributed by atoms with E-state index in [4.69, 9.17) is 56.8 Å². The predicted molar refractivity (Wildman–Crippen MR) is 523 cm³/mol. The van der Waals surface area contributed by atoms with Crippen molar-refractivity contribution in [1.82, 2.24) is 0 Å². The number of hydrogen-bond donors (Lipinski definition) is 0. The largest absolute Gasteiger partial charge is 0.494 e. The third-order valence-corrected chi connectivity index (χ3v) is 22.4. The maximum Gasteiger partial charge on any atom is 0.309 e. The second-order valence-electron chi connectivity index (χ2n) is 32.7. The number of hydrogen-bond acceptors (Lipinski definition) is 20. The Morgan fingerprint density at radius 3 is 0.402 bits per heavy atom. The molecule has 0 saturated carbocycles. The number of esters is 4. The van der Waals surface area contributed by atoms with Crippen LogP contribution in [0.5, 0.6) is 46.0 Å². The molecule has 0 heterocycles. The molecule has 0 aromatic heterocycles. The summed E-state index contributed by atoms with van der Waals surface area (Å²) in [5.41, 5.74) is 8.36. The van der Waals surface area contributed by atoms with Crippen molar-refractivity contribution in [2.75, 3.05) is 79.3 Å². The Kier molecular flexibility index (Phi) is 55.0. The normalized spacial score (nSPS) is 12.6. The van der Waals surface area contributed by atoms with Crippen molar-refractivity contribution in [2.45, 2.75) is 239 Å². The molecule has 0 aliphatic heterocycles. The quantitative estimate of drug-likeness (QED) is 0.0254. The van der Waals surface area contributed by atoms with Gasteiger partial charge in [-0.15, -0.1) is 0 Å². The zero-order valence-corrected chi connectivity index (χ0v) is 81.9. The smallest absolute Gasteiger partial charge is 0.309 e. The minimum Gasteiger partial charge on any atom is -0.494 e. The molecule has 0 radical (unpaired) electrons. The summed E-state index contributed by atoms with van der Waals surface area (Å²) in [6.07, 6.45) is 12.1. The zero-order valence-electron chi connectivity index (χ0n) is 81.9. The van der Waals surface area contributed by atoms with Crippen molar-refractivity contribution >= 4 is 47.0 Å². The fourth-order valence-electron chi connectivity index (χ4n) is 15.9. The van der Waals surface area contributed by atoms with Gasteiger partial charge in [0.25, 0.3) is 0 Å². The number of rotatable bonds is 60. The third-order valence-electron chi connectivity index (χ3n) is 22.4. The topological polar surface area (TPSA) is 247 Å². The molecule has 8 atom stereocenters. The highest BCUT2D eigenvalue weighted by atomic mass is 16.5. The summed E-state index contributed by atoms with van der Waals surface area (Å²) in [5.74, 6) is 3.30. The standard InChI is InChI=1S/4C28H38O5/c4*1-5-9-23(18-21-10-14-25(15-11-21)31-6-2)27(29)20-24(28(30)33-8-4)19-22-12-16-26(17-13-22)32-7-3/h4*10-17,23-24H,5-9,18-20H2,1-4H3. The molecule has 0 bridgehead atoms. The lowest BCUT2D eigenvalue weighted by atomic mass is 9.85. The number of ether oxygens (including phenoxy) is 12. The van der Waals surface area contributed by atoms with Gasteiger partial charge < -0.3 is 56.8 Å². The van der Waals surface area contributed by atoms with E-state index in [1.165, 1.54) is 0 Å². The first kappa shape index (κ1) is 111. The number of Topliss-reactive ketones (excluding diaryl/α,β-unsaturated/α-hetero) is 4. The van der Waals surface area contributed by atoms with Gasteiger partial charge in [-0.05, 0) is 302 Å². The van der Waals surface area contributed by atoms with E-state index >= 15 is 0 Å². The summed E-state index contributed by atoms with van der Waals surface area (Å²) in [6.45, 7) is 37.2. The monoisotopic (exact) mass is 1820 g/mol. The summed E-state index contributed by atoms with van der Waals surface area (Å²) in [4.78, 5) is 104. The summed E-state index contributed by atoms with van der Waals surface area (Å²) in [6, 6.07) is 62.5. The lowest BCUT2D eigenvalue weighted by molar-refractivity contribution is -0.150. The number of carbonyl (C=O) groups excluding carboxylic acids is 8. The van der Waals surface area contributed by atoms with Gasteiger partial charge in [0.1, 0.15) is 69.1 Å². The number of benzene rings is 8. The van der Waals surface area contributed by atoms with E-state index in [9.17, 15) is 38.4 Å². The van der Waals surface area contributed by atoms with Gasteiger partial charge in [0, 0.05) is 49.4 Å². The van der Waals surface area contributed by atoms with Gasteiger partial charge in [0.2, 0.25) is 0 Å². The Morgan fingerprint density at radius 1 is 0.174 bits per heavy atom. The first-order chi connectivity index (χ1) is 64.0. The third kappa shape index (κ3) is 42.5. The fourth-order valence-corrected chi connectivity index (χ4v) is 15.9. The highest BCUT2D eigenvalue weighted by Gasteiger charge is 2.33. The molecule has 0 amide bonds. The summed E-state index contributed by atoms with van der Waals surface area (Å²) < 4.78 is 65.3. The van der Waals surface area contributed by atoms with Crippen LogP contribution in [0, 0.1) is 47.3 Å². The highest BCUT2D eigenvalue weighted by molar-refractivity contribution is 5.89. The Bertz CT molecular complexity index is 3950. The van der Waals surface area contributed by atoms with Crippen molar-refractivity contribution in [3.63, 3.8) is 0 Å². The van der Waals surface area contributed by atoms with E-state index < -0.39 is 23.7 Å². The maximum absolute atomic E-state index is 13.3. The van der Waals surface area contributed by atoms with E-state index in [1.54, 1.807) is 27.7 Å². The lowest BCUT2D eigenvalue weighted by Gasteiger charge is -2.20. The fraction of sp³-hybridized carbons (Fsp3) is 0.500. The molecule has 0 N–H and O–H groups in total. The van der Waals surface area contributed by atoms with Crippen LogP contribution in [0.25, 0.3) is 0 Å². The van der Waals surface area contributed by atoms with Crippen LogP contribution in [-0.4, -0.2) is 126 Å². The lowest BCUT2D eigenvalue weighted by Crippen LogP contribution is -2.27. The van der Waals surface area contributed by atoms with E-state index in [0.29, 0.717) is 131 Å². The summed E-state index contributed by atoms with van der Waals surface area (Å²) in [5, 5.41) is 0. The van der Waals surface area contributed by atoms with Crippen molar-refractivity contribution in [3.05, 3.63) is 239 Å². The Labute approximate surface area is 788 Å². The Hall–Kier alpha value is -11.3. The van der Waals surface area contributed by atoms with Gasteiger partial charge in [-0.1, -0.05) is 150 Å². The Morgan fingerprint density at radius 2 is 0.295 bits per heavy atom. The van der Waals surface area contributed by atoms with E-state index in [0.717, 1.165) is 142 Å². The predicted octanol–water partition coefficient (Wildman–Crippen LogP) is 23.3. The van der Waals surface area contributed by atoms with Crippen LogP contribution in [0.3, 0.4) is 0 Å². The molecule has 0 fully saturated rings. The minimum atomic E-state index is -0.491. The first-order valence-electron chi connectivity index (χ1n) is 48.5. The van der Waals surface area contributed by atoms with Gasteiger partial charge in [0.15, 0.2) is 0 Å². The van der Waals surface area contributed by atoms with Crippen LogP contribution in [-0.2, 0) is 109 Å². The molecule has 20 nitrogen and oxygen atoms in total. The minimum absolute atomic E-state index is 0.120. The van der Waals surface area contributed by atoms with Gasteiger partial charge in [-0.3, -0.25) is 38.4 Å². The van der Waals surface area contributed by atoms with E-state index in [-0.39, 0.29) is 96.4 Å². The average Bonchev–Trinajstić information content (AvgIpc) is 0.863. The molecule has 720 valence electrons. The second-order valence-corrected chi connectivity index (χ2v) is 32.7. The summed E-state index contributed by atoms with van der Waals surface area (Å²) >= 11 is 0. The van der Waals surface area contributed by atoms with Crippen molar-refractivity contribution in [2.24, 2.45) is 47.3 Å². The first-order valence-corrected chi connectivity index (χ1v) is 48.5. The average molecular weight is 1820 g/mol. The van der Waals surface area contributed by atoms with Crippen LogP contribution in [0.1, 0.15) is 232 Å². The number of ketones is 4. The summed E-state index contributed by atoms with van der Waals surface area (Å²) in [7, 11) is 0. The molecular formula is C112H152O20. The van der Waals surface area contributed by atoms with Crippen molar-refractivity contribution in [1.29, 1.82) is 0 Å². The van der Waals surface area contributed by atoms with Crippen molar-refractivity contribution in [3.8, 4) is 46.0 Å². The zero-order chi connectivity index (χ0) is 96.2. The molecule has 0 aliphatic carbocycles. The highest BCUT2D eigenvalue weighted by Crippen LogP contribution is 2.32. The molecular weight excluding hydrogens is 1670 g/mol. The van der Waals surface area contributed by atoms with Gasteiger partial charge >= 0.3 is 23.9 Å². The van der Waals surface area contributed by atoms with Crippen LogP contribution in [0.4, 0.5) is 0 Å². The van der Waals surface area contributed by atoms with Crippen LogP contribution in [0.2, 0.25) is 0 Å². The molecule has 0 spiro atoms. The second kappa shape index (κ2) is 65.3. The van der Waals surface area contributed by atoms with E-state index in [2.05, 4.69) is 27.7 Å². The molecule has 0 saturated heterocycles. The molecule has 8 aromatic carbocycles.